The lowest BCUT2D eigenvalue weighted by Gasteiger charge is -2.14. The summed E-state index contributed by atoms with van der Waals surface area (Å²) in [4.78, 5) is 12.3. The summed E-state index contributed by atoms with van der Waals surface area (Å²) >= 11 is 0. The quantitative estimate of drug-likeness (QED) is 0.606. The number of esters is 1. The molecule has 1 heterocycles. The number of methoxy groups -OCH3 is 1. The highest BCUT2D eigenvalue weighted by molar-refractivity contribution is 5.81. The molecule has 0 amide bonds. The lowest BCUT2D eigenvalue weighted by Crippen LogP contribution is -2.22. The molecule has 4 nitrogen and oxygen atoms in total. The first-order valence-electron chi connectivity index (χ1n) is 7.77. The van der Waals surface area contributed by atoms with Gasteiger partial charge in [0.15, 0.2) is 11.7 Å². The van der Waals surface area contributed by atoms with Gasteiger partial charge >= 0.3 is 5.97 Å². The average Bonchev–Trinajstić information content (AvgIpc) is 3.37. The predicted octanol–water partition coefficient (Wildman–Crippen LogP) is 3.29. The molecule has 0 radical (unpaired) electrons. The van der Waals surface area contributed by atoms with Crippen LogP contribution in [0.15, 0.2) is 54.6 Å². The van der Waals surface area contributed by atoms with Crippen LogP contribution >= 0.6 is 0 Å². The number of carbonyl (C=O) groups excluding carboxylic acids is 1. The van der Waals surface area contributed by atoms with Crippen molar-refractivity contribution < 1.29 is 19.0 Å². The van der Waals surface area contributed by atoms with E-state index in [1.54, 1.807) is 7.11 Å². The van der Waals surface area contributed by atoms with Crippen LogP contribution in [0.5, 0.6) is 5.75 Å². The van der Waals surface area contributed by atoms with Gasteiger partial charge in [-0.05, 0) is 29.7 Å². The van der Waals surface area contributed by atoms with Gasteiger partial charge in [-0.1, -0.05) is 49.4 Å². The Labute approximate surface area is 136 Å². The largest absolute Gasteiger partial charge is 0.497 e. The summed E-state index contributed by atoms with van der Waals surface area (Å²) in [6, 6.07) is 17.4. The molecule has 4 heteroatoms. The fourth-order valence-corrected chi connectivity index (χ4v) is 2.77. The molecule has 0 spiro atoms. The standard InChI is InChI=1S/C19H20O4/c1-3-13-22-18(20)17-19(23-17,14-7-5-4-6-8-14)15-9-11-16(21-2)12-10-15/h4-12,17H,3,13H2,1-2H3. The molecular weight excluding hydrogens is 292 g/mol. The van der Waals surface area contributed by atoms with Crippen LogP contribution in [0, 0.1) is 0 Å². The van der Waals surface area contributed by atoms with Crippen molar-refractivity contribution in [3.8, 4) is 5.75 Å². The third-order valence-electron chi connectivity index (χ3n) is 4.00. The van der Waals surface area contributed by atoms with Gasteiger partial charge in [-0.15, -0.1) is 0 Å². The zero-order valence-electron chi connectivity index (χ0n) is 13.3. The summed E-state index contributed by atoms with van der Waals surface area (Å²) in [6.07, 6.45) is 0.184. The highest BCUT2D eigenvalue weighted by Crippen LogP contribution is 2.52. The van der Waals surface area contributed by atoms with Crippen LogP contribution in [-0.2, 0) is 19.9 Å². The summed E-state index contributed by atoms with van der Waals surface area (Å²) in [5.74, 6) is 0.453. The number of benzene rings is 2. The molecule has 1 fully saturated rings. The van der Waals surface area contributed by atoms with Crippen molar-refractivity contribution in [2.24, 2.45) is 0 Å². The van der Waals surface area contributed by atoms with Gasteiger partial charge in [-0.2, -0.15) is 0 Å². The SMILES string of the molecule is CCCOC(=O)C1OC1(c1ccccc1)c1ccc(OC)cc1. The van der Waals surface area contributed by atoms with Gasteiger partial charge < -0.3 is 14.2 Å². The molecule has 23 heavy (non-hydrogen) atoms. The molecule has 0 aromatic heterocycles. The Morgan fingerprint density at radius 2 is 1.74 bits per heavy atom. The molecule has 1 aliphatic rings. The first kappa shape index (κ1) is 15.6. The van der Waals surface area contributed by atoms with E-state index in [-0.39, 0.29) is 5.97 Å². The molecule has 0 bridgehead atoms. The van der Waals surface area contributed by atoms with Gasteiger partial charge in [-0.25, -0.2) is 4.79 Å². The highest BCUT2D eigenvalue weighted by atomic mass is 16.7. The first-order chi connectivity index (χ1) is 11.2. The minimum absolute atomic E-state index is 0.313. The zero-order valence-corrected chi connectivity index (χ0v) is 13.3. The van der Waals surface area contributed by atoms with Gasteiger partial charge in [-0.3, -0.25) is 0 Å². The van der Waals surface area contributed by atoms with Crippen LogP contribution in [0.3, 0.4) is 0 Å². The Morgan fingerprint density at radius 1 is 1.09 bits per heavy atom. The van der Waals surface area contributed by atoms with Crippen LogP contribution in [0.1, 0.15) is 24.5 Å². The van der Waals surface area contributed by atoms with E-state index < -0.39 is 11.7 Å². The van der Waals surface area contributed by atoms with E-state index in [4.69, 9.17) is 14.2 Å². The Bertz CT molecular complexity index is 666. The van der Waals surface area contributed by atoms with Gasteiger partial charge in [0.05, 0.1) is 13.7 Å². The molecule has 3 rings (SSSR count). The van der Waals surface area contributed by atoms with Crippen LogP contribution in [0.4, 0.5) is 0 Å². The maximum absolute atomic E-state index is 12.3. The molecule has 0 aliphatic carbocycles. The Balaban J connectivity index is 1.94. The van der Waals surface area contributed by atoms with Gasteiger partial charge in [0.2, 0.25) is 0 Å². The van der Waals surface area contributed by atoms with E-state index in [1.165, 1.54) is 0 Å². The number of rotatable bonds is 6. The Kier molecular flexibility index (Phi) is 4.35. The van der Waals surface area contributed by atoms with Crippen LogP contribution in [0.2, 0.25) is 0 Å². The molecule has 2 unspecified atom stereocenters. The van der Waals surface area contributed by atoms with Crippen molar-refractivity contribution in [3.63, 3.8) is 0 Å². The molecule has 0 N–H and O–H groups in total. The minimum Gasteiger partial charge on any atom is -0.497 e. The van der Waals surface area contributed by atoms with E-state index in [2.05, 4.69) is 0 Å². The first-order valence-corrected chi connectivity index (χ1v) is 7.77. The summed E-state index contributed by atoms with van der Waals surface area (Å²) in [5.41, 5.74) is 1.10. The molecule has 2 aromatic rings. The van der Waals surface area contributed by atoms with E-state index in [0.29, 0.717) is 6.61 Å². The molecule has 2 aromatic carbocycles. The normalized spacial score (nSPS) is 22.4. The number of carbonyl (C=O) groups is 1. The molecule has 1 saturated heterocycles. The van der Waals surface area contributed by atoms with Crippen LogP contribution in [-0.4, -0.2) is 25.8 Å². The summed E-state index contributed by atoms with van der Waals surface area (Å²) < 4.78 is 16.4. The van der Waals surface area contributed by atoms with Crippen molar-refractivity contribution in [1.29, 1.82) is 0 Å². The smallest absolute Gasteiger partial charge is 0.339 e. The van der Waals surface area contributed by atoms with Crippen molar-refractivity contribution in [1.82, 2.24) is 0 Å². The fourth-order valence-electron chi connectivity index (χ4n) is 2.77. The zero-order chi connectivity index (χ0) is 16.3. The minimum atomic E-state index is -0.766. The van der Waals surface area contributed by atoms with Gasteiger partial charge in [0.1, 0.15) is 5.75 Å². The van der Waals surface area contributed by atoms with Gasteiger partial charge in [0.25, 0.3) is 0 Å². The summed E-state index contributed by atoms with van der Waals surface area (Å²) in [5, 5.41) is 0. The van der Waals surface area contributed by atoms with Crippen molar-refractivity contribution in [2.45, 2.75) is 25.0 Å². The third kappa shape index (κ3) is 2.82. The maximum atomic E-state index is 12.3. The van der Waals surface area contributed by atoms with Crippen LogP contribution < -0.4 is 4.74 Å². The lowest BCUT2D eigenvalue weighted by molar-refractivity contribution is -0.145. The second-order valence-electron chi connectivity index (χ2n) is 5.50. The number of epoxide rings is 1. The predicted molar refractivity (Wildman–Crippen MR) is 86.3 cm³/mol. The summed E-state index contributed by atoms with van der Waals surface area (Å²) in [6.45, 7) is 2.38. The van der Waals surface area contributed by atoms with Crippen LogP contribution in [0.25, 0.3) is 0 Å². The van der Waals surface area contributed by atoms with Crippen molar-refractivity contribution in [2.75, 3.05) is 13.7 Å². The third-order valence-corrected chi connectivity index (χ3v) is 4.00. The maximum Gasteiger partial charge on any atom is 0.339 e. The Hall–Kier alpha value is -2.33. The van der Waals surface area contributed by atoms with Gasteiger partial charge in [0, 0.05) is 0 Å². The Morgan fingerprint density at radius 3 is 2.35 bits per heavy atom. The van der Waals surface area contributed by atoms with E-state index in [0.717, 1.165) is 23.3 Å². The van der Waals surface area contributed by atoms with Crippen molar-refractivity contribution in [3.05, 3.63) is 65.7 Å². The fraction of sp³-hybridized carbons (Fsp3) is 0.316. The van der Waals surface area contributed by atoms with Crippen molar-refractivity contribution >= 4 is 5.97 Å². The lowest BCUT2D eigenvalue weighted by atomic mass is 9.88. The number of ether oxygens (including phenoxy) is 3. The topological polar surface area (TPSA) is 48.1 Å². The molecule has 2 atom stereocenters. The average molecular weight is 312 g/mol. The summed E-state index contributed by atoms with van der Waals surface area (Å²) in [7, 11) is 1.63. The number of hydrogen-bond donors (Lipinski definition) is 0. The van der Waals surface area contributed by atoms with E-state index >= 15 is 0 Å². The molecule has 1 aliphatic heterocycles. The van der Waals surface area contributed by atoms with E-state index in [1.807, 2.05) is 61.5 Å². The van der Waals surface area contributed by atoms with E-state index in [9.17, 15) is 4.79 Å². The number of hydrogen-bond acceptors (Lipinski definition) is 4. The monoisotopic (exact) mass is 312 g/mol. The highest BCUT2D eigenvalue weighted by Gasteiger charge is 2.64. The molecular formula is C19H20O4. The molecule has 0 saturated carbocycles. The second kappa shape index (κ2) is 6.42. The molecule has 120 valence electrons. The second-order valence-corrected chi connectivity index (χ2v) is 5.50.